The molecule has 0 atom stereocenters. The molecule has 1 heterocycles. The fourth-order valence-electron chi connectivity index (χ4n) is 1.97. The van der Waals surface area contributed by atoms with Crippen LogP contribution in [0.15, 0.2) is 0 Å². The summed E-state index contributed by atoms with van der Waals surface area (Å²) in [6.07, 6.45) is 2.49. The predicted molar refractivity (Wildman–Crippen MR) is 73.3 cm³/mol. The summed E-state index contributed by atoms with van der Waals surface area (Å²) in [7, 11) is 2.25. The lowest BCUT2D eigenvalue weighted by Gasteiger charge is -2.27. The van der Waals surface area contributed by atoms with E-state index >= 15 is 0 Å². The van der Waals surface area contributed by atoms with Crippen LogP contribution < -0.4 is 0 Å². The van der Waals surface area contributed by atoms with E-state index in [1.165, 1.54) is 31.7 Å². The highest BCUT2D eigenvalue weighted by Gasteiger charge is 2.16. The Morgan fingerprint density at radius 3 is 2.44 bits per heavy atom. The van der Waals surface area contributed by atoms with Gasteiger partial charge in [0.1, 0.15) is 0 Å². The minimum Gasteiger partial charge on any atom is -0.381 e. The molecule has 1 rings (SSSR count). The molecule has 0 aromatic carbocycles. The SMILES string of the molecule is CN(CCSC(C)(C)C)CC1CCOCC1. The molecule has 0 unspecified atom stereocenters. The van der Waals surface area contributed by atoms with Gasteiger partial charge in [0.25, 0.3) is 0 Å². The van der Waals surface area contributed by atoms with E-state index in [-0.39, 0.29) is 0 Å². The van der Waals surface area contributed by atoms with Gasteiger partial charge < -0.3 is 9.64 Å². The normalized spacial score (nSPS) is 19.3. The monoisotopic (exact) mass is 245 g/mol. The zero-order valence-electron chi connectivity index (χ0n) is 11.3. The van der Waals surface area contributed by atoms with Crippen molar-refractivity contribution in [3.63, 3.8) is 0 Å². The number of rotatable bonds is 5. The van der Waals surface area contributed by atoms with E-state index in [0.717, 1.165) is 19.1 Å². The van der Waals surface area contributed by atoms with Crippen LogP contribution >= 0.6 is 11.8 Å². The van der Waals surface area contributed by atoms with Gasteiger partial charge in [0.2, 0.25) is 0 Å². The maximum atomic E-state index is 5.38. The Hall–Kier alpha value is 0.270. The maximum absolute atomic E-state index is 5.38. The third kappa shape index (κ3) is 6.77. The van der Waals surface area contributed by atoms with Crippen LogP contribution in [0, 0.1) is 5.92 Å². The summed E-state index contributed by atoms with van der Waals surface area (Å²) in [6, 6.07) is 0. The Bertz CT molecular complexity index is 185. The van der Waals surface area contributed by atoms with Crippen LogP contribution in [0.25, 0.3) is 0 Å². The molecule has 0 aliphatic carbocycles. The van der Waals surface area contributed by atoms with Crippen molar-refractivity contribution in [3.8, 4) is 0 Å². The second-order valence-electron chi connectivity index (χ2n) is 5.78. The van der Waals surface area contributed by atoms with Gasteiger partial charge in [-0.15, -0.1) is 0 Å². The quantitative estimate of drug-likeness (QED) is 0.739. The first-order valence-corrected chi connectivity index (χ1v) is 7.36. The van der Waals surface area contributed by atoms with Crippen LogP contribution in [0.1, 0.15) is 33.6 Å². The molecule has 0 spiro atoms. The summed E-state index contributed by atoms with van der Waals surface area (Å²) >= 11 is 2.06. The summed E-state index contributed by atoms with van der Waals surface area (Å²) in [5.74, 6) is 2.10. The average molecular weight is 245 g/mol. The predicted octanol–water partition coefficient (Wildman–Crippen LogP) is 2.88. The minimum absolute atomic E-state index is 0.402. The highest BCUT2D eigenvalue weighted by Crippen LogP contribution is 2.23. The first-order chi connectivity index (χ1) is 7.47. The summed E-state index contributed by atoms with van der Waals surface area (Å²) in [6.45, 7) is 11.3. The molecule has 0 N–H and O–H groups in total. The number of nitrogens with zero attached hydrogens (tertiary/aromatic N) is 1. The zero-order valence-corrected chi connectivity index (χ0v) is 12.1. The van der Waals surface area contributed by atoms with Crippen LogP contribution in [-0.4, -0.2) is 48.8 Å². The first kappa shape index (κ1) is 14.3. The zero-order chi connectivity index (χ0) is 12.0. The Balaban J connectivity index is 2.08. The fourth-order valence-corrected chi connectivity index (χ4v) is 2.98. The number of thioether (sulfide) groups is 1. The van der Waals surface area contributed by atoms with Gasteiger partial charge in [0.15, 0.2) is 0 Å². The minimum atomic E-state index is 0.402. The van der Waals surface area contributed by atoms with Gasteiger partial charge in [-0.2, -0.15) is 11.8 Å². The fraction of sp³-hybridized carbons (Fsp3) is 1.00. The van der Waals surface area contributed by atoms with Crippen molar-refractivity contribution in [2.75, 3.05) is 39.1 Å². The molecular weight excluding hydrogens is 218 g/mol. The molecule has 1 fully saturated rings. The van der Waals surface area contributed by atoms with Crippen molar-refractivity contribution >= 4 is 11.8 Å². The highest BCUT2D eigenvalue weighted by atomic mass is 32.2. The van der Waals surface area contributed by atoms with Crippen LogP contribution in [0.5, 0.6) is 0 Å². The summed E-state index contributed by atoms with van der Waals surface area (Å²) < 4.78 is 5.79. The van der Waals surface area contributed by atoms with E-state index in [2.05, 4.69) is 44.5 Å². The van der Waals surface area contributed by atoms with E-state index in [4.69, 9.17) is 4.74 Å². The van der Waals surface area contributed by atoms with Gasteiger partial charge >= 0.3 is 0 Å². The molecule has 0 bridgehead atoms. The van der Waals surface area contributed by atoms with Gasteiger partial charge in [0.05, 0.1) is 0 Å². The first-order valence-electron chi connectivity index (χ1n) is 6.37. The van der Waals surface area contributed by atoms with Gasteiger partial charge in [-0.1, -0.05) is 20.8 Å². The topological polar surface area (TPSA) is 12.5 Å². The van der Waals surface area contributed by atoms with Crippen molar-refractivity contribution in [1.82, 2.24) is 4.90 Å². The molecule has 1 aliphatic heterocycles. The molecular formula is C13H27NOS. The molecule has 1 aliphatic rings. The van der Waals surface area contributed by atoms with Gasteiger partial charge in [-0.3, -0.25) is 0 Å². The number of hydrogen-bond acceptors (Lipinski definition) is 3. The summed E-state index contributed by atoms with van der Waals surface area (Å²) in [4.78, 5) is 2.48. The van der Waals surface area contributed by atoms with Crippen LogP contribution in [0.2, 0.25) is 0 Å². The summed E-state index contributed by atoms with van der Waals surface area (Å²) in [5, 5.41) is 0. The molecule has 96 valence electrons. The largest absolute Gasteiger partial charge is 0.381 e. The van der Waals surface area contributed by atoms with E-state index < -0.39 is 0 Å². The second kappa shape index (κ2) is 6.87. The van der Waals surface area contributed by atoms with Crippen molar-refractivity contribution in [1.29, 1.82) is 0 Å². The molecule has 3 heteroatoms. The number of hydrogen-bond donors (Lipinski definition) is 0. The lowest BCUT2D eigenvalue weighted by molar-refractivity contribution is 0.0564. The molecule has 0 aromatic heterocycles. The van der Waals surface area contributed by atoms with Crippen molar-refractivity contribution in [2.45, 2.75) is 38.4 Å². The molecule has 2 nitrogen and oxygen atoms in total. The third-order valence-electron chi connectivity index (χ3n) is 2.92. The van der Waals surface area contributed by atoms with Crippen LogP contribution in [-0.2, 0) is 4.74 Å². The van der Waals surface area contributed by atoms with E-state index in [0.29, 0.717) is 4.75 Å². The third-order valence-corrected chi connectivity index (χ3v) is 4.17. The molecule has 0 radical (unpaired) electrons. The van der Waals surface area contributed by atoms with Crippen molar-refractivity contribution in [2.24, 2.45) is 5.92 Å². The van der Waals surface area contributed by atoms with Crippen LogP contribution in [0.4, 0.5) is 0 Å². The Kier molecular flexibility index (Phi) is 6.16. The molecule has 1 saturated heterocycles. The molecule has 0 saturated carbocycles. The van der Waals surface area contributed by atoms with E-state index in [9.17, 15) is 0 Å². The standard InChI is InChI=1S/C13H27NOS/c1-13(2,3)16-10-7-14(4)11-12-5-8-15-9-6-12/h12H,5-11H2,1-4H3. The van der Waals surface area contributed by atoms with Crippen molar-refractivity contribution in [3.05, 3.63) is 0 Å². The van der Waals surface area contributed by atoms with E-state index in [1.54, 1.807) is 0 Å². The maximum Gasteiger partial charge on any atom is 0.0469 e. The van der Waals surface area contributed by atoms with Gasteiger partial charge in [-0.05, 0) is 25.8 Å². The lowest BCUT2D eigenvalue weighted by Crippen LogP contribution is -2.31. The average Bonchev–Trinajstić information content (AvgIpc) is 2.17. The number of ether oxygens (including phenoxy) is 1. The molecule has 0 amide bonds. The smallest absolute Gasteiger partial charge is 0.0469 e. The molecule has 0 aromatic rings. The van der Waals surface area contributed by atoms with Crippen LogP contribution in [0.3, 0.4) is 0 Å². The second-order valence-corrected chi connectivity index (χ2v) is 7.70. The van der Waals surface area contributed by atoms with Gasteiger partial charge in [-0.25, -0.2) is 0 Å². The molecule has 16 heavy (non-hydrogen) atoms. The summed E-state index contributed by atoms with van der Waals surface area (Å²) in [5.41, 5.74) is 0. The lowest BCUT2D eigenvalue weighted by atomic mass is 10.00. The van der Waals surface area contributed by atoms with E-state index in [1.807, 2.05) is 0 Å². The Morgan fingerprint density at radius 2 is 1.88 bits per heavy atom. The Labute approximate surface area is 105 Å². The highest BCUT2D eigenvalue weighted by molar-refractivity contribution is 8.00. The Morgan fingerprint density at radius 1 is 1.25 bits per heavy atom. The van der Waals surface area contributed by atoms with Gasteiger partial charge in [0, 0.05) is 36.8 Å². The van der Waals surface area contributed by atoms with Crippen molar-refractivity contribution < 1.29 is 4.74 Å².